The lowest BCUT2D eigenvalue weighted by Crippen LogP contribution is -2.40. The summed E-state index contributed by atoms with van der Waals surface area (Å²) in [6, 6.07) is 2.36. The molecule has 0 fully saturated rings. The monoisotopic (exact) mass is 211 g/mol. The molecule has 1 aromatic heterocycles. The van der Waals surface area contributed by atoms with Gasteiger partial charge in [0.1, 0.15) is 0 Å². The summed E-state index contributed by atoms with van der Waals surface area (Å²) in [5.74, 6) is 0. The molecule has 1 rings (SSSR count). The Morgan fingerprint density at radius 3 is 2.73 bits per heavy atom. The average molecular weight is 211 g/mol. The summed E-state index contributed by atoms with van der Waals surface area (Å²) < 4.78 is 10.8. The fraction of sp³-hybridized carbons (Fsp3) is 0.667. The van der Waals surface area contributed by atoms with Crippen LogP contribution in [0.4, 0.5) is 0 Å². The summed E-state index contributed by atoms with van der Waals surface area (Å²) in [6.07, 6.45) is 5.75. The fourth-order valence-corrected chi connectivity index (χ4v) is 1.81. The van der Waals surface area contributed by atoms with Crippen molar-refractivity contribution in [1.29, 1.82) is 0 Å². The molecule has 2 unspecified atom stereocenters. The van der Waals surface area contributed by atoms with Gasteiger partial charge in [-0.2, -0.15) is 0 Å². The Hall–Kier alpha value is -0.800. The van der Waals surface area contributed by atoms with Crippen LogP contribution in [0, 0.1) is 0 Å². The number of rotatable bonds is 7. The Kier molecular flexibility index (Phi) is 5.43. The molecule has 0 radical (unpaired) electrons. The van der Waals surface area contributed by atoms with Crippen LogP contribution in [-0.2, 0) is 11.2 Å². The average Bonchev–Trinajstić information content (AvgIpc) is 2.75. The Balaban J connectivity index is 2.53. The van der Waals surface area contributed by atoms with E-state index < -0.39 is 0 Å². The molecule has 1 heterocycles. The van der Waals surface area contributed by atoms with E-state index in [1.807, 2.05) is 20.0 Å². The number of hydrogen-bond donors (Lipinski definition) is 1. The van der Waals surface area contributed by atoms with Crippen molar-refractivity contribution >= 4 is 0 Å². The van der Waals surface area contributed by atoms with Gasteiger partial charge >= 0.3 is 0 Å². The number of likely N-dealkylation sites (N-methyl/N-ethyl adjacent to an activating group) is 1. The van der Waals surface area contributed by atoms with Gasteiger partial charge in [-0.1, -0.05) is 6.92 Å². The Morgan fingerprint density at radius 2 is 2.27 bits per heavy atom. The quantitative estimate of drug-likeness (QED) is 0.751. The number of ether oxygens (including phenoxy) is 1. The first-order valence-electron chi connectivity index (χ1n) is 5.61. The van der Waals surface area contributed by atoms with Gasteiger partial charge in [-0.15, -0.1) is 0 Å². The topological polar surface area (TPSA) is 34.4 Å². The largest absolute Gasteiger partial charge is 0.472 e. The summed E-state index contributed by atoms with van der Waals surface area (Å²) in [6.45, 7) is 4.95. The second-order valence-corrected chi connectivity index (χ2v) is 3.63. The molecule has 3 heteroatoms. The first-order chi connectivity index (χ1) is 7.31. The molecule has 86 valence electrons. The highest BCUT2D eigenvalue weighted by Crippen LogP contribution is 2.11. The normalized spacial score (nSPS) is 15.1. The van der Waals surface area contributed by atoms with Gasteiger partial charge in [-0.3, -0.25) is 0 Å². The maximum absolute atomic E-state index is 5.70. The van der Waals surface area contributed by atoms with Crippen molar-refractivity contribution in [2.45, 2.75) is 38.8 Å². The lowest BCUT2D eigenvalue weighted by molar-refractivity contribution is 0.0338. The van der Waals surface area contributed by atoms with Gasteiger partial charge < -0.3 is 14.5 Å². The van der Waals surface area contributed by atoms with Gasteiger partial charge in [-0.05, 0) is 38.4 Å². The predicted molar refractivity (Wildman–Crippen MR) is 61.0 cm³/mol. The van der Waals surface area contributed by atoms with Gasteiger partial charge in [0, 0.05) is 12.6 Å². The molecule has 0 amide bonds. The molecule has 0 saturated carbocycles. The highest BCUT2D eigenvalue weighted by molar-refractivity contribution is 5.08. The second-order valence-electron chi connectivity index (χ2n) is 3.63. The molecule has 0 aliphatic carbocycles. The van der Waals surface area contributed by atoms with Crippen LogP contribution in [0.15, 0.2) is 23.0 Å². The van der Waals surface area contributed by atoms with Gasteiger partial charge in [0.05, 0.1) is 18.6 Å². The SMILES string of the molecule is CCOC(CC)C(Cc1ccoc1)NC. The molecule has 0 spiro atoms. The minimum atomic E-state index is 0.273. The van der Waals surface area contributed by atoms with E-state index in [-0.39, 0.29) is 6.10 Å². The molecule has 3 nitrogen and oxygen atoms in total. The number of nitrogens with one attached hydrogen (secondary N) is 1. The molecule has 15 heavy (non-hydrogen) atoms. The smallest absolute Gasteiger partial charge is 0.0935 e. The minimum absolute atomic E-state index is 0.273. The lowest BCUT2D eigenvalue weighted by Gasteiger charge is -2.25. The maximum Gasteiger partial charge on any atom is 0.0935 e. The van der Waals surface area contributed by atoms with Crippen molar-refractivity contribution in [3.8, 4) is 0 Å². The summed E-state index contributed by atoms with van der Waals surface area (Å²) >= 11 is 0. The van der Waals surface area contributed by atoms with Crippen LogP contribution in [0.1, 0.15) is 25.8 Å². The zero-order valence-electron chi connectivity index (χ0n) is 9.82. The summed E-state index contributed by atoms with van der Waals surface area (Å²) in [5, 5.41) is 3.31. The molecule has 0 saturated heterocycles. The molecule has 2 atom stereocenters. The van der Waals surface area contributed by atoms with Gasteiger partial charge in [-0.25, -0.2) is 0 Å². The summed E-state index contributed by atoms with van der Waals surface area (Å²) in [5.41, 5.74) is 1.22. The van der Waals surface area contributed by atoms with Crippen LogP contribution in [0.5, 0.6) is 0 Å². The lowest BCUT2D eigenvalue weighted by atomic mass is 10.0. The van der Waals surface area contributed by atoms with Gasteiger partial charge in [0.25, 0.3) is 0 Å². The Morgan fingerprint density at radius 1 is 1.47 bits per heavy atom. The van der Waals surface area contributed by atoms with Crippen molar-refractivity contribution in [1.82, 2.24) is 5.32 Å². The summed E-state index contributed by atoms with van der Waals surface area (Å²) in [7, 11) is 1.98. The summed E-state index contributed by atoms with van der Waals surface area (Å²) in [4.78, 5) is 0. The molecule has 0 aliphatic rings. The van der Waals surface area contributed by atoms with Crippen LogP contribution < -0.4 is 5.32 Å². The van der Waals surface area contributed by atoms with Crippen LogP contribution in [0.2, 0.25) is 0 Å². The first-order valence-corrected chi connectivity index (χ1v) is 5.61. The fourth-order valence-electron chi connectivity index (χ4n) is 1.81. The third kappa shape index (κ3) is 3.68. The molecule has 1 N–H and O–H groups in total. The molecule has 0 aromatic carbocycles. The highest BCUT2D eigenvalue weighted by atomic mass is 16.5. The van der Waals surface area contributed by atoms with E-state index in [0.29, 0.717) is 6.04 Å². The molecular weight excluding hydrogens is 190 g/mol. The molecule has 1 aromatic rings. The van der Waals surface area contributed by atoms with E-state index >= 15 is 0 Å². The molecule has 0 bridgehead atoms. The highest BCUT2D eigenvalue weighted by Gasteiger charge is 2.19. The number of hydrogen-bond acceptors (Lipinski definition) is 3. The Bertz CT molecular complexity index is 246. The van der Waals surface area contributed by atoms with Crippen molar-refractivity contribution in [2.24, 2.45) is 0 Å². The third-order valence-corrected chi connectivity index (χ3v) is 2.64. The third-order valence-electron chi connectivity index (χ3n) is 2.64. The van der Waals surface area contributed by atoms with Crippen molar-refractivity contribution < 1.29 is 9.15 Å². The van der Waals surface area contributed by atoms with Crippen LogP contribution in [-0.4, -0.2) is 25.8 Å². The second kappa shape index (κ2) is 6.64. The van der Waals surface area contributed by atoms with E-state index in [0.717, 1.165) is 19.4 Å². The Labute approximate surface area is 91.8 Å². The van der Waals surface area contributed by atoms with E-state index in [1.54, 1.807) is 12.5 Å². The van der Waals surface area contributed by atoms with E-state index in [1.165, 1.54) is 5.56 Å². The standard InChI is InChI=1S/C12H21NO2/c1-4-12(15-5-2)11(13-3)8-10-6-7-14-9-10/h6-7,9,11-13H,4-5,8H2,1-3H3. The van der Waals surface area contributed by atoms with Gasteiger partial charge in [0.2, 0.25) is 0 Å². The van der Waals surface area contributed by atoms with Crippen LogP contribution >= 0.6 is 0 Å². The van der Waals surface area contributed by atoms with E-state index in [4.69, 9.17) is 9.15 Å². The van der Waals surface area contributed by atoms with Crippen molar-refractivity contribution in [2.75, 3.05) is 13.7 Å². The first kappa shape index (κ1) is 12.3. The maximum atomic E-state index is 5.70. The minimum Gasteiger partial charge on any atom is -0.472 e. The molecular formula is C12H21NO2. The van der Waals surface area contributed by atoms with Crippen molar-refractivity contribution in [3.63, 3.8) is 0 Å². The predicted octanol–water partition coefficient (Wildman–Crippen LogP) is 2.23. The number of furan rings is 1. The van der Waals surface area contributed by atoms with Gasteiger partial charge in [0.15, 0.2) is 0 Å². The van der Waals surface area contributed by atoms with E-state index in [2.05, 4.69) is 12.2 Å². The zero-order valence-corrected chi connectivity index (χ0v) is 9.82. The van der Waals surface area contributed by atoms with Crippen LogP contribution in [0.3, 0.4) is 0 Å². The zero-order chi connectivity index (χ0) is 11.1. The van der Waals surface area contributed by atoms with Crippen molar-refractivity contribution in [3.05, 3.63) is 24.2 Å². The van der Waals surface area contributed by atoms with Crippen LogP contribution in [0.25, 0.3) is 0 Å². The molecule has 0 aliphatic heterocycles. The van der Waals surface area contributed by atoms with E-state index in [9.17, 15) is 0 Å².